The number of hydrogen-bond acceptors (Lipinski definition) is 5. The quantitative estimate of drug-likeness (QED) is 0.584. The highest BCUT2D eigenvalue weighted by atomic mass is 35.5. The molecule has 2 aromatic rings. The SMILES string of the molecule is O=[N+]([O-])c1cccc(S(=O)(=O)NC2CCN(Cc3ccc(Cl)cc3)CC2)c1. The first-order valence-corrected chi connectivity index (χ1v) is 10.4. The summed E-state index contributed by atoms with van der Waals surface area (Å²) in [5, 5.41) is 11.6. The highest BCUT2D eigenvalue weighted by Gasteiger charge is 2.25. The van der Waals surface area contributed by atoms with E-state index in [9.17, 15) is 18.5 Å². The van der Waals surface area contributed by atoms with E-state index in [0.717, 1.165) is 31.3 Å². The fourth-order valence-corrected chi connectivity index (χ4v) is 4.58. The van der Waals surface area contributed by atoms with Crippen molar-refractivity contribution in [1.29, 1.82) is 0 Å². The molecule has 1 N–H and O–H groups in total. The van der Waals surface area contributed by atoms with E-state index >= 15 is 0 Å². The highest BCUT2D eigenvalue weighted by Crippen LogP contribution is 2.20. The molecule has 0 aliphatic carbocycles. The molecule has 0 spiro atoms. The van der Waals surface area contributed by atoms with Gasteiger partial charge in [0.2, 0.25) is 10.0 Å². The molecular formula is C18H20ClN3O4S. The first-order valence-electron chi connectivity index (χ1n) is 8.57. The van der Waals surface area contributed by atoms with E-state index in [0.29, 0.717) is 17.9 Å². The third-order valence-corrected chi connectivity index (χ3v) is 6.34. The lowest BCUT2D eigenvalue weighted by Gasteiger charge is -2.32. The van der Waals surface area contributed by atoms with Crippen LogP contribution >= 0.6 is 11.6 Å². The lowest BCUT2D eigenvalue weighted by Crippen LogP contribution is -2.44. The lowest BCUT2D eigenvalue weighted by atomic mass is 10.1. The minimum atomic E-state index is -3.78. The number of sulfonamides is 1. The van der Waals surface area contributed by atoms with Gasteiger partial charge in [-0.25, -0.2) is 13.1 Å². The minimum absolute atomic E-state index is 0.0831. The van der Waals surface area contributed by atoms with Crippen molar-refractivity contribution in [2.45, 2.75) is 30.3 Å². The number of piperidine rings is 1. The zero-order valence-electron chi connectivity index (χ0n) is 14.5. The normalized spacial score (nSPS) is 16.3. The van der Waals surface area contributed by atoms with Gasteiger partial charge in [0.1, 0.15) is 0 Å². The number of nitrogens with one attached hydrogen (secondary N) is 1. The zero-order chi connectivity index (χ0) is 19.4. The maximum atomic E-state index is 12.5. The second-order valence-electron chi connectivity index (χ2n) is 6.55. The number of hydrogen-bond donors (Lipinski definition) is 1. The molecule has 1 aliphatic rings. The molecule has 2 aromatic carbocycles. The predicted molar refractivity (Wildman–Crippen MR) is 103 cm³/mol. The van der Waals surface area contributed by atoms with Gasteiger partial charge in [-0.1, -0.05) is 29.8 Å². The Labute approximate surface area is 163 Å². The van der Waals surface area contributed by atoms with Gasteiger partial charge in [0.25, 0.3) is 5.69 Å². The van der Waals surface area contributed by atoms with Crippen LogP contribution in [0.3, 0.4) is 0 Å². The lowest BCUT2D eigenvalue weighted by molar-refractivity contribution is -0.385. The Kier molecular flexibility index (Phi) is 6.11. The maximum Gasteiger partial charge on any atom is 0.270 e. The topological polar surface area (TPSA) is 92.5 Å². The standard InChI is InChI=1S/C18H20ClN3O4S/c19-15-6-4-14(5-7-15)13-21-10-8-16(9-11-21)20-27(25,26)18-3-1-2-17(12-18)22(23)24/h1-7,12,16,20H,8-11,13H2. The van der Waals surface area contributed by atoms with E-state index < -0.39 is 14.9 Å². The minimum Gasteiger partial charge on any atom is -0.299 e. The van der Waals surface area contributed by atoms with Crippen molar-refractivity contribution >= 4 is 27.3 Å². The van der Waals surface area contributed by atoms with Gasteiger partial charge in [0.05, 0.1) is 9.82 Å². The summed E-state index contributed by atoms with van der Waals surface area (Å²) in [4.78, 5) is 12.4. The molecule has 0 aromatic heterocycles. The first kappa shape index (κ1) is 19.8. The second kappa shape index (κ2) is 8.35. The van der Waals surface area contributed by atoms with Gasteiger partial charge in [0, 0.05) is 42.8 Å². The van der Waals surface area contributed by atoms with Crippen LogP contribution in [0.15, 0.2) is 53.4 Å². The molecule has 7 nitrogen and oxygen atoms in total. The van der Waals surface area contributed by atoms with Crippen molar-refractivity contribution in [2.75, 3.05) is 13.1 Å². The van der Waals surface area contributed by atoms with Gasteiger partial charge < -0.3 is 0 Å². The van der Waals surface area contributed by atoms with Crippen LogP contribution in [0.1, 0.15) is 18.4 Å². The summed E-state index contributed by atoms with van der Waals surface area (Å²) in [6, 6.07) is 12.6. The van der Waals surface area contributed by atoms with Gasteiger partial charge in [0.15, 0.2) is 0 Å². The van der Waals surface area contributed by atoms with E-state index in [1.165, 1.54) is 18.2 Å². The number of likely N-dealkylation sites (tertiary alicyclic amines) is 1. The third-order valence-electron chi connectivity index (χ3n) is 4.57. The number of halogens is 1. The van der Waals surface area contributed by atoms with Gasteiger partial charge in [-0.05, 0) is 36.6 Å². The van der Waals surface area contributed by atoms with Crippen molar-refractivity contribution in [3.63, 3.8) is 0 Å². The summed E-state index contributed by atoms with van der Waals surface area (Å²) in [6.45, 7) is 2.33. The van der Waals surface area contributed by atoms with Gasteiger partial charge in [-0.15, -0.1) is 0 Å². The molecule has 1 fully saturated rings. The van der Waals surface area contributed by atoms with Crippen LogP contribution in [0, 0.1) is 10.1 Å². The van der Waals surface area contributed by atoms with E-state index in [4.69, 9.17) is 11.6 Å². The molecule has 0 saturated carbocycles. The van der Waals surface area contributed by atoms with Crippen LogP contribution in [0.4, 0.5) is 5.69 Å². The van der Waals surface area contributed by atoms with E-state index in [1.807, 2.05) is 24.3 Å². The molecule has 0 amide bonds. The molecule has 0 radical (unpaired) electrons. The van der Waals surface area contributed by atoms with Crippen LogP contribution in [0.5, 0.6) is 0 Å². The molecule has 27 heavy (non-hydrogen) atoms. The van der Waals surface area contributed by atoms with Crippen molar-refractivity contribution < 1.29 is 13.3 Å². The third kappa shape index (κ3) is 5.26. The Balaban J connectivity index is 1.57. The van der Waals surface area contributed by atoms with Crippen LogP contribution in [-0.2, 0) is 16.6 Å². The van der Waals surface area contributed by atoms with Crippen LogP contribution in [0.25, 0.3) is 0 Å². The first-order chi connectivity index (χ1) is 12.8. The van der Waals surface area contributed by atoms with Crippen molar-refractivity contribution in [3.05, 3.63) is 69.2 Å². The summed E-state index contributed by atoms with van der Waals surface area (Å²) in [7, 11) is -3.78. The Morgan fingerprint density at radius 3 is 2.44 bits per heavy atom. The number of rotatable bonds is 6. The number of non-ortho nitro benzene ring substituents is 1. The summed E-state index contributed by atoms with van der Waals surface area (Å²) in [6.07, 6.45) is 1.36. The fourth-order valence-electron chi connectivity index (χ4n) is 3.11. The molecule has 9 heteroatoms. The van der Waals surface area contributed by atoms with Gasteiger partial charge in [-0.2, -0.15) is 0 Å². The van der Waals surface area contributed by atoms with Crippen molar-refractivity contribution in [3.8, 4) is 0 Å². The molecular weight excluding hydrogens is 390 g/mol. The Bertz CT molecular complexity index is 910. The molecule has 0 unspecified atom stereocenters. The summed E-state index contributed by atoms with van der Waals surface area (Å²) in [5.74, 6) is 0. The molecule has 0 bridgehead atoms. The largest absolute Gasteiger partial charge is 0.299 e. The number of nitro benzene ring substituents is 1. The predicted octanol–water partition coefficient (Wildman–Crippen LogP) is 3.19. The summed E-state index contributed by atoms with van der Waals surface area (Å²) < 4.78 is 27.7. The fraction of sp³-hybridized carbons (Fsp3) is 0.333. The summed E-state index contributed by atoms with van der Waals surface area (Å²) >= 11 is 5.90. The average molecular weight is 410 g/mol. The van der Waals surface area contributed by atoms with Gasteiger partial charge in [-0.3, -0.25) is 15.0 Å². The van der Waals surface area contributed by atoms with Crippen LogP contribution in [0.2, 0.25) is 5.02 Å². The number of nitro groups is 1. The average Bonchev–Trinajstić information content (AvgIpc) is 2.65. The number of nitrogens with zero attached hydrogens (tertiary/aromatic N) is 2. The molecule has 3 rings (SSSR count). The Morgan fingerprint density at radius 2 is 1.81 bits per heavy atom. The Morgan fingerprint density at radius 1 is 1.15 bits per heavy atom. The molecule has 1 saturated heterocycles. The van der Waals surface area contributed by atoms with Crippen molar-refractivity contribution in [1.82, 2.24) is 9.62 Å². The smallest absolute Gasteiger partial charge is 0.270 e. The van der Waals surface area contributed by atoms with Gasteiger partial charge >= 0.3 is 0 Å². The maximum absolute atomic E-state index is 12.5. The second-order valence-corrected chi connectivity index (χ2v) is 8.70. The highest BCUT2D eigenvalue weighted by molar-refractivity contribution is 7.89. The van der Waals surface area contributed by atoms with Crippen LogP contribution in [-0.4, -0.2) is 37.4 Å². The monoisotopic (exact) mass is 409 g/mol. The van der Waals surface area contributed by atoms with Crippen LogP contribution < -0.4 is 4.72 Å². The van der Waals surface area contributed by atoms with E-state index in [2.05, 4.69) is 9.62 Å². The van der Waals surface area contributed by atoms with Crippen molar-refractivity contribution in [2.24, 2.45) is 0 Å². The van der Waals surface area contributed by atoms with E-state index in [-0.39, 0.29) is 16.6 Å². The molecule has 144 valence electrons. The Hall–Kier alpha value is -2.00. The molecule has 1 heterocycles. The van der Waals surface area contributed by atoms with E-state index in [1.54, 1.807) is 0 Å². The number of benzene rings is 2. The molecule has 1 aliphatic heterocycles. The zero-order valence-corrected chi connectivity index (χ0v) is 16.1. The summed E-state index contributed by atoms with van der Waals surface area (Å²) in [5.41, 5.74) is 0.922. The molecule has 0 atom stereocenters.